The Bertz CT molecular complexity index is 530. The molecule has 24 heavy (non-hydrogen) atoms. The van der Waals surface area contributed by atoms with Crippen molar-refractivity contribution < 1.29 is 0 Å². The molecule has 0 fully saturated rings. The summed E-state index contributed by atoms with van der Waals surface area (Å²) >= 11 is 0. The molecule has 2 aromatic carbocycles. The molecule has 0 bridgehead atoms. The molecule has 0 amide bonds. The van der Waals surface area contributed by atoms with Crippen molar-refractivity contribution in [2.24, 2.45) is 0 Å². The summed E-state index contributed by atoms with van der Waals surface area (Å²) in [4.78, 5) is 0. The average molecular weight is 327 g/mol. The van der Waals surface area contributed by atoms with Gasteiger partial charge in [0, 0.05) is 0 Å². The Hall–Kier alpha value is -1.56. The lowest BCUT2D eigenvalue weighted by molar-refractivity contribution is 1.01. The first kappa shape index (κ1) is 22.4. The quantitative estimate of drug-likeness (QED) is 0.554. The predicted molar refractivity (Wildman–Crippen MR) is 111 cm³/mol. The van der Waals surface area contributed by atoms with Crippen LogP contribution in [0.3, 0.4) is 0 Å². The van der Waals surface area contributed by atoms with Crippen LogP contribution in [0.4, 0.5) is 0 Å². The standard InChI is InChI=1S/C13H20.C9H12.C2H6/c1-5-11-8-12(6-2)10(4)13(7-3)9-11;1-7-4-8(2)6-9(3)5-7;1-2/h8-9H,5-7H2,1-4H3;4-6H,1-3H3;1-2H3. The van der Waals surface area contributed by atoms with Gasteiger partial charge in [0.15, 0.2) is 0 Å². The Kier molecular flexibility index (Phi) is 11.1. The third kappa shape index (κ3) is 7.34. The summed E-state index contributed by atoms with van der Waals surface area (Å²) in [6.07, 6.45) is 3.47. The molecule has 134 valence electrons. The topological polar surface area (TPSA) is 0 Å². The molecule has 0 atom stereocenters. The first-order valence-corrected chi connectivity index (χ1v) is 9.57. The molecule has 0 radical (unpaired) electrons. The number of benzene rings is 2. The van der Waals surface area contributed by atoms with Crippen molar-refractivity contribution in [3.05, 3.63) is 69.3 Å². The highest BCUT2D eigenvalue weighted by Crippen LogP contribution is 2.18. The van der Waals surface area contributed by atoms with Crippen LogP contribution < -0.4 is 0 Å². The van der Waals surface area contributed by atoms with Gasteiger partial charge in [-0.25, -0.2) is 0 Å². The van der Waals surface area contributed by atoms with Crippen LogP contribution >= 0.6 is 0 Å². The summed E-state index contributed by atoms with van der Waals surface area (Å²) in [5, 5.41) is 0. The fourth-order valence-corrected chi connectivity index (χ4v) is 3.05. The van der Waals surface area contributed by atoms with Gasteiger partial charge in [0.25, 0.3) is 0 Å². The molecular weight excluding hydrogens is 288 g/mol. The van der Waals surface area contributed by atoms with E-state index in [4.69, 9.17) is 0 Å². The minimum atomic E-state index is 1.15. The highest BCUT2D eigenvalue weighted by Gasteiger charge is 2.03. The Labute approximate surface area is 151 Å². The molecule has 0 aliphatic rings. The summed E-state index contributed by atoms with van der Waals surface area (Å²) in [6.45, 7) is 19.3. The van der Waals surface area contributed by atoms with Crippen molar-refractivity contribution in [2.45, 2.75) is 81.6 Å². The van der Waals surface area contributed by atoms with Crippen molar-refractivity contribution in [3.63, 3.8) is 0 Å². The second kappa shape index (κ2) is 11.9. The third-order valence-corrected chi connectivity index (χ3v) is 4.22. The van der Waals surface area contributed by atoms with Gasteiger partial charge >= 0.3 is 0 Å². The maximum Gasteiger partial charge on any atom is -0.0305 e. The monoisotopic (exact) mass is 326 g/mol. The van der Waals surface area contributed by atoms with E-state index in [9.17, 15) is 0 Å². The van der Waals surface area contributed by atoms with Gasteiger partial charge in [-0.1, -0.05) is 81.6 Å². The van der Waals surface area contributed by atoms with Gasteiger partial charge < -0.3 is 0 Å². The summed E-state index contributed by atoms with van der Waals surface area (Å²) < 4.78 is 0. The van der Waals surface area contributed by atoms with E-state index < -0.39 is 0 Å². The van der Waals surface area contributed by atoms with Crippen molar-refractivity contribution in [3.8, 4) is 0 Å². The van der Waals surface area contributed by atoms with Gasteiger partial charge in [0.05, 0.1) is 0 Å². The highest BCUT2D eigenvalue weighted by atomic mass is 14.1. The van der Waals surface area contributed by atoms with Gasteiger partial charge in [0.1, 0.15) is 0 Å². The number of aryl methyl sites for hydroxylation is 6. The molecule has 2 rings (SSSR count). The van der Waals surface area contributed by atoms with Crippen LogP contribution in [0.25, 0.3) is 0 Å². The van der Waals surface area contributed by atoms with Crippen molar-refractivity contribution in [1.29, 1.82) is 0 Å². The van der Waals surface area contributed by atoms with Crippen LogP contribution in [0.5, 0.6) is 0 Å². The van der Waals surface area contributed by atoms with Gasteiger partial charge in [-0.3, -0.25) is 0 Å². The van der Waals surface area contributed by atoms with E-state index in [1.54, 1.807) is 0 Å². The normalized spacial score (nSPS) is 9.54. The Morgan fingerprint density at radius 2 is 0.875 bits per heavy atom. The minimum absolute atomic E-state index is 1.15. The molecule has 0 aliphatic carbocycles. The zero-order chi connectivity index (χ0) is 18.7. The summed E-state index contributed by atoms with van der Waals surface area (Å²) in [7, 11) is 0. The Morgan fingerprint density at radius 3 is 1.12 bits per heavy atom. The molecule has 0 aliphatic heterocycles. The molecule has 0 nitrogen and oxygen atoms in total. The van der Waals surface area contributed by atoms with Crippen molar-refractivity contribution in [1.82, 2.24) is 0 Å². The lowest BCUT2D eigenvalue weighted by Gasteiger charge is -2.11. The van der Waals surface area contributed by atoms with Gasteiger partial charge in [-0.15, -0.1) is 0 Å². The largest absolute Gasteiger partial charge is 0.0683 e. The molecule has 0 spiro atoms. The first-order valence-electron chi connectivity index (χ1n) is 9.57. The molecule has 0 heterocycles. The van der Waals surface area contributed by atoms with Gasteiger partial charge in [-0.2, -0.15) is 0 Å². The van der Waals surface area contributed by atoms with Crippen LogP contribution in [0.15, 0.2) is 30.3 Å². The van der Waals surface area contributed by atoms with E-state index in [1.165, 1.54) is 38.9 Å². The van der Waals surface area contributed by atoms with Crippen LogP contribution in [-0.4, -0.2) is 0 Å². The van der Waals surface area contributed by atoms with Crippen LogP contribution in [0.1, 0.15) is 73.6 Å². The maximum absolute atomic E-state index is 2.36. The van der Waals surface area contributed by atoms with Crippen LogP contribution in [0.2, 0.25) is 0 Å². The summed E-state index contributed by atoms with van der Waals surface area (Å²) in [5.41, 5.74) is 10.1. The minimum Gasteiger partial charge on any atom is -0.0683 e. The van der Waals surface area contributed by atoms with E-state index in [-0.39, 0.29) is 0 Å². The Balaban J connectivity index is 0.000000420. The molecule has 0 saturated heterocycles. The average Bonchev–Trinajstić information content (AvgIpc) is 2.56. The molecular formula is C24H38. The van der Waals surface area contributed by atoms with E-state index in [0.29, 0.717) is 0 Å². The fourth-order valence-electron chi connectivity index (χ4n) is 3.05. The van der Waals surface area contributed by atoms with Crippen molar-refractivity contribution >= 4 is 0 Å². The SMILES string of the molecule is CC.CCc1cc(CC)c(C)c(CC)c1.Cc1cc(C)cc(C)c1. The molecule has 0 aromatic heterocycles. The lowest BCUT2D eigenvalue weighted by atomic mass is 9.95. The van der Waals surface area contributed by atoms with Gasteiger partial charge in [-0.05, 0) is 69.2 Å². The van der Waals surface area contributed by atoms with Crippen LogP contribution in [-0.2, 0) is 19.3 Å². The highest BCUT2D eigenvalue weighted by molar-refractivity contribution is 5.38. The molecule has 0 unspecified atom stereocenters. The first-order chi connectivity index (χ1) is 11.4. The lowest BCUT2D eigenvalue weighted by Crippen LogP contribution is -1.96. The fraction of sp³-hybridized carbons (Fsp3) is 0.500. The smallest absolute Gasteiger partial charge is 0.0305 e. The van der Waals surface area contributed by atoms with E-state index in [0.717, 1.165) is 19.3 Å². The number of hydrogen-bond acceptors (Lipinski definition) is 0. The second-order valence-electron chi connectivity index (χ2n) is 6.26. The zero-order valence-corrected chi connectivity index (χ0v) is 17.5. The van der Waals surface area contributed by atoms with E-state index in [1.807, 2.05) is 13.8 Å². The van der Waals surface area contributed by atoms with Crippen LogP contribution in [0, 0.1) is 27.7 Å². The molecule has 0 saturated carbocycles. The molecule has 0 N–H and O–H groups in total. The zero-order valence-electron chi connectivity index (χ0n) is 17.5. The molecule has 0 heteroatoms. The van der Waals surface area contributed by atoms with Crippen molar-refractivity contribution in [2.75, 3.05) is 0 Å². The van der Waals surface area contributed by atoms with E-state index >= 15 is 0 Å². The summed E-state index contributed by atoms with van der Waals surface area (Å²) in [5.74, 6) is 0. The van der Waals surface area contributed by atoms with E-state index in [2.05, 4.69) is 78.8 Å². The predicted octanol–water partition coefficient (Wildman–Crippen LogP) is 7.32. The summed E-state index contributed by atoms with van der Waals surface area (Å²) in [6, 6.07) is 11.3. The number of rotatable bonds is 3. The second-order valence-corrected chi connectivity index (χ2v) is 6.26. The third-order valence-electron chi connectivity index (χ3n) is 4.22. The molecule has 2 aromatic rings. The maximum atomic E-state index is 2.36. The number of hydrogen-bond donors (Lipinski definition) is 0. The Morgan fingerprint density at radius 1 is 0.542 bits per heavy atom. The van der Waals surface area contributed by atoms with Gasteiger partial charge in [0.2, 0.25) is 0 Å².